The van der Waals surface area contributed by atoms with Gasteiger partial charge in [-0.2, -0.15) is 0 Å². The lowest BCUT2D eigenvalue weighted by Gasteiger charge is -2.31. The lowest BCUT2D eigenvalue weighted by atomic mass is 10.1. The van der Waals surface area contributed by atoms with Gasteiger partial charge in [0, 0.05) is 29.0 Å². The Kier molecular flexibility index (Phi) is 6.04. The predicted octanol–water partition coefficient (Wildman–Crippen LogP) is 3.69. The van der Waals surface area contributed by atoms with E-state index in [2.05, 4.69) is 15.3 Å². The summed E-state index contributed by atoms with van der Waals surface area (Å²) in [4.78, 5) is 37.2. The second kappa shape index (κ2) is 9.04. The summed E-state index contributed by atoms with van der Waals surface area (Å²) in [6.45, 7) is 0. The molecule has 0 bridgehead atoms. The third-order valence-electron chi connectivity index (χ3n) is 5.15. The van der Waals surface area contributed by atoms with Gasteiger partial charge in [-0.05, 0) is 48.6 Å². The van der Waals surface area contributed by atoms with Crippen molar-refractivity contribution < 1.29 is 14.7 Å². The topological polar surface area (TPSA) is 95.4 Å². The van der Waals surface area contributed by atoms with Crippen LogP contribution in [0.15, 0.2) is 60.4 Å². The second-order valence-electron chi connectivity index (χ2n) is 7.19. The van der Waals surface area contributed by atoms with E-state index in [-0.39, 0.29) is 23.4 Å². The number of thiophene rings is 1. The van der Waals surface area contributed by atoms with Gasteiger partial charge in [-0.1, -0.05) is 18.9 Å². The maximum absolute atomic E-state index is 13.5. The Bertz CT molecular complexity index is 987. The van der Waals surface area contributed by atoms with Gasteiger partial charge in [0.1, 0.15) is 11.4 Å². The fourth-order valence-corrected chi connectivity index (χ4v) is 4.51. The van der Waals surface area contributed by atoms with Gasteiger partial charge in [0.25, 0.3) is 5.91 Å². The molecule has 1 atom stereocenters. The van der Waals surface area contributed by atoms with Crippen LogP contribution in [0.25, 0.3) is 0 Å². The summed E-state index contributed by atoms with van der Waals surface area (Å²) in [5.74, 6) is -0.586. The molecule has 1 fully saturated rings. The number of carbonyl (C=O) groups is 2. The van der Waals surface area contributed by atoms with E-state index in [0.29, 0.717) is 5.69 Å². The van der Waals surface area contributed by atoms with Crippen molar-refractivity contribution in [1.29, 1.82) is 0 Å². The highest BCUT2D eigenvalue weighted by Gasteiger charge is 2.36. The van der Waals surface area contributed by atoms with Crippen LogP contribution >= 0.6 is 11.3 Å². The zero-order valence-corrected chi connectivity index (χ0v) is 17.1. The summed E-state index contributed by atoms with van der Waals surface area (Å²) >= 11 is 1.42. The predicted molar refractivity (Wildman–Crippen MR) is 114 cm³/mol. The van der Waals surface area contributed by atoms with Crippen LogP contribution in [0, 0.1) is 0 Å². The Morgan fingerprint density at radius 3 is 2.53 bits per heavy atom. The number of hydrogen-bond acceptors (Lipinski definition) is 6. The van der Waals surface area contributed by atoms with Crippen LogP contribution in [0.2, 0.25) is 0 Å². The number of benzene rings is 1. The lowest BCUT2D eigenvalue weighted by molar-refractivity contribution is -0.123. The highest BCUT2D eigenvalue weighted by molar-refractivity contribution is 7.10. The Morgan fingerprint density at radius 2 is 1.90 bits per heavy atom. The summed E-state index contributed by atoms with van der Waals surface area (Å²) in [6, 6.07) is 9.19. The number of phenols is 1. The summed E-state index contributed by atoms with van der Waals surface area (Å²) in [7, 11) is 0. The quantitative estimate of drug-likeness (QED) is 0.632. The molecule has 30 heavy (non-hydrogen) atoms. The van der Waals surface area contributed by atoms with Gasteiger partial charge in [0.2, 0.25) is 5.91 Å². The molecule has 7 nitrogen and oxygen atoms in total. The number of rotatable bonds is 6. The molecule has 2 aromatic heterocycles. The number of hydrogen-bond donors (Lipinski definition) is 2. The maximum Gasteiger partial charge on any atom is 0.279 e. The average Bonchev–Trinajstić information content (AvgIpc) is 3.47. The molecule has 8 heteroatoms. The van der Waals surface area contributed by atoms with E-state index in [1.807, 2.05) is 17.5 Å². The molecule has 1 aliphatic carbocycles. The first-order valence-corrected chi connectivity index (χ1v) is 10.7. The van der Waals surface area contributed by atoms with Crippen molar-refractivity contribution in [3.8, 4) is 5.75 Å². The van der Waals surface area contributed by atoms with Gasteiger partial charge in [0.05, 0.1) is 6.20 Å². The van der Waals surface area contributed by atoms with Crippen molar-refractivity contribution >= 4 is 28.8 Å². The number of anilines is 1. The molecule has 3 aromatic rings. The van der Waals surface area contributed by atoms with E-state index in [0.717, 1.165) is 30.6 Å². The number of phenolic OH excluding ortho intramolecular Hbond substituents is 1. The Morgan fingerprint density at radius 1 is 1.13 bits per heavy atom. The summed E-state index contributed by atoms with van der Waals surface area (Å²) in [5, 5.41) is 14.7. The minimum Gasteiger partial charge on any atom is -0.508 e. The molecule has 2 heterocycles. The molecule has 2 N–H and O–H groups in total. The zero-order valence-electron chi connectivity index (χ0n) is 16.3. The van der Waals surface area contributed by atoms with Gasteiger partial charge >= 0.3 is 0 Å². The third kappa shape index (κ3) is 4.33. The Balaban J connectivity index is 1.77. The second-order valence-corrected chi connectivity index (χ2v) is 8.17. The normalized spacial score (nSPS) is 14.9. The molecule has 154 valence electrons. The number of aromatic nitrogens is 2. The standard InChI is InChI=1S/C22H22N4O3S/c27-17-9-7-16(8-10-17)26(22(29)18-14-23-11-12-24-18)20(19-6-3-13-30-19)21(28)25-15-4-1-2-5-15/h3,6-15,20,27H,1-2,4-5H2,(H,25,28). The maximum atomic E-state index is 13.5. The minimum atomic E-state index is -0.857. The lowest BCUT2D eigenvalue weighted by Crippen LogP contribution is -2.46. The van der Waals surface area contributed by atoms with Crippen LogP contribution in [0.4, 0.5) is 5.69 Å². The van der Waals surface area contributed by atoms with Crippen LogP contribution in [0.1, 0.15) is 47.1 Å². The Labute approximate surface area is 178 Å². The van der Waals surface area contributed by atoms with Crippen LogP contribution in [-0.2, 0) is 4.79 Å². The molecule has 0 spiro atoms. The van der Waals surface area contributed by atoms with Crippen molar-refractivity contribution in [2.24, 2.45) is 0 Å². The first-order valence-electron chi connectivity index (χ1n) is 9.86. The molecule has 2 amide bonds. The van der Waals surface area contributed by atoms with Crippen molar-refractivity contribution in [2.75, 3.05) is 4.90 Å². The summed E-state index contributed by atoms with van der Waals surface area (Å²) in [6.07, 6.45) is 8.40. The molecule has 0 saturated heterocycles. The van der Waals surface area contributed by atoms with E-state index < -0.39 is 11.9 Å². The number of nitrogens with zero attached hydrogens (tertiary/aromatic N) is 3. The van der Waals surface area contributed by atoms with E-state index in [1.54, 1.807) is 12.1 Å². The SMILES string of the molecule is O=C(NC1CCCC1)C(c1cccs1)N(C(=O)c1cnccn1)c1ccc(O)cc1. The van der Waals surface area contributed by atoms with Gasteiger partial charge in [-0.15, -0.1) is 11.3 Å². The van der Waals surface area contributed by atoms with E-state index >= 15 is 0 Å². The van der Waals surface area contributed by atoms with E-state index in [1.165, 1.54) is 47.0 Å². The molecule has 1 unspecified atom stereocenters. The first kappa shape index (κ1) is 20.0. The Hall–Kier alpha value is -3.26. The molecular formula is C22H22N4O3S. The molecule has 1 saturated carbocycles. The molecule has 0 radical (unpaired) electrons. The van der Waals surface area contributed by atoms with Crippen LogP contribution in [0.5, 0.6) is 5.75 Å². The molecular weight excluding hydrogens is 400 g/mol. The van der Waals surface area contributed by atoms with Crippen LogP contribution < -0.4 is 10.2 Å². The van der Waals surface area contributed by atoms with Gasteiger partial charge in [-0.3, -0.25) is 19.5 Å². The molecule has 1 aliphatic rings. The van der Waals surface area contributed by atoms with Crippen molar-refractivity contribution in [1.82, 2.24) is 15.3 Å². The van der Waals surface area contributed by atoms with Gasteiger partial charge < -0.3 is 10.4 Å². The zero-order chi connectivity index (χ0) is 20.9. The smallest absolute Gasteiger partial charge is 0.279 e. The summed E-state index contributed by atoms with van der Waals surface area (Å²) < 4.78 is 0. The van der Waals surface area contributed by atoms with Crippen molar-refractivity contribution in [2.45, 2.75) is 37.8 Å². The first-order chi connectivity index (χ1) is 14.6. The molecule has 1 aromatic carbocycles. The number of aromatic hydroxyl groups is 1. The average molecular weight is 423 g/mol. The van der Waals surface area contributed by atoms with Crippen molar-refractivity contribution in [3.05, 3.63) is 70.9 Å². The van der Waals surface area contributed by atoms with Gasteiger partial charge in [-0.25, -0.2) is 4.98 Å². The van der Waals surface area contributed by atoms with E-state index in [9.17, 15) is 14.7 Å². The molecule has 4 rings (SSSR count). The fourth-order valence-electron chi connectivity index (χ4n) is 3.70. The van der Waals surface area contributed by atoms with Gasteiger partial charge in [0.15, 0.2) is 6.04 Å². The number of carbonyl (C=O) groups excluding carboxylic acids is 2. The van der Waals surface area contributed by atoms with Crippen LogP contribution in [-0.4, -0.2) is 32.9 Å². The highest BCUT2D eigenvalue weighted by atomic mass is 32.1. The van der Waals surface area contributed by atoms with E-state index in [4.69, 9.17) is 0 Å². The fraction of sp³-hybridized carbons (Fsp3) is 0.273. The monoisotopic (exact) mass is 422 g/mol. The number of amides is 2. The minimum absolute atomic E-state index is 0.0775. The number of nitrogens with one attached hydrogen (secondary N) is 1. The third-order valence-corrected chi connectivity index (χ3v) is 6.07. The van der Waals surface area contributed by atoms with Crippen LogP contribution in [0.3, 0.4) is 0 Å². The highest BCUT2D eigenvalue weighted by Crippen LogP contribution is 2.33. The van der Waals surface area contributed by atoms with Crippen molar-refractivity contribution in [3.63, 3.8) is 0 Å². The largest absolute Gasteiger partial charge is 0.508 e. The molecule has 0 aliphatic heterocycles. The summed E-state index contributed by atoms with van der Waals surface area (Å²) in [5.41, 5.74) is 0.629.